The van der Waals surface area contributed by atoms with Gasteiger partial charge in [0.25, 0.3) is 10.0 Å². The molecule has 0 amide bonds. The Morgan fingerprint density at radius 2 is 2.00 bits per heavy atom. The van der Waals surface area contributed by atoms with E-state index in [-0.39, 0.29) is 15.5 Å². The summed E-state index contributed by atoms with van der Waals surface area (Å²) in [6.07, 6.45) is 0.698. The summed E-state index contributed by atoms with van der Waals surface area (Å²) in [5.74, 6) is -0.454. The van der Waals surface area contributed by atoms with Crippen molar-refractivity contribution in [3.63, 3.8) is 0 Å². The normalized spacial score (nSPS) is 17.6. The van der Waals surface area contributed by atoms with E-state index >= 15 is 0 Å². The highest BCUT2D eigenvalue weighted by Gasteiger charge is 2.41. The van der Waals surface area contributed by atoms with E-state index in [1.165, 1.54) is 19.2 Å². The number of nitrogens with one attached hydrogen (secondary N) is 1. The maximum absolute atomic E-state index is 14.8. The maximum atomic E-state index is 14.8. The van der Waals surface area contributed by atoms with Crippen LogP contribution in [0.5, 0.6) is 5.75 Å². The molecule has 0 saturated carbocycles. The molecule has 3 rings (SSSR count). The highest BCUT2D eigenvalue weighted by Crippen LogP contribution is 2.38. The standard InChI is InChI=1S/C16H18FNO4S2/c1-21-13-5-2-4-12(15(13)17)16(7-9-22-10-8-16)18-24(19,20)14-6-3-11-23-14/h2-6,11,18H,7-10H2,1H3. The summed E-state index contributed by atoms with van der Waals surface area (Å²) in [5.41, 5.74) is -0.773. The molecule has 1 aromatic heterocycles. The predicted octanol–water partition coefficient (Wildman–Crippen LogP) is 2.88. The molecule has 2 heterocycles. The minimum absolute atomic E-state index is 0.0914. The second kappa shape index (κ2) is 6.79. The van der Waals surface area contributed by atoms with Crippen molar-refractivity contribution in [2.45, 2.75) is 22.6 Å². The molecular weight excluding hydrogens is 353 g/mol. The van der Waals surface area contributed by atoms with Crippen LogP contribution in [0.4, 0.5) is 4.39 Å². The van der Waals surface area contributed by atoms with Crippen LogP contribution in [0.3, 0.4) is 0 Å². The summed E-state index contributed by atoms with van der Waals surface area (Å²) in [4.78, 5) is 0. The van der Waals surface area contributed by atoms with Gasteiger partial charge in [-0.3, -0.25) is 0 Å². The molecule has 1 N–H and O–H groups in total. The van der Waals surface area contributed by atoms with Crippen molar-refractivity contribution in [3.8, 4) is 5.75 Å². The number of halogens is 1. The smallest absolute Gasteiger partial charge is 0.250 e. The van der Waals surface area contributed by atoms with Gasteiger partial charge in [-0.1, -0.05) is 18.2 Å². The monoisotopic (exact) mass is 371 g/mol. The molecule has 1 aliphatic heterocycles. The lowest BCUT2D eigenvalue weighted by Crippen LogP contribution is -2.49. The summed E-state index contributed by atoms with van der Waals surface area (Å²) < 4.78 is 53.6. The topological polar surface area (TPSA) is 64.6 Å². The summed E-state index contributed by atoms with van der Waals surface area (Å²) in [7, 11) is -2.37. The van der Waals surface area contributed by atoms with E-state index in [1.54, 1.807) is 23.6 Å². The van der Waals surface area contributed by atoms with Crippen molar-refractivity contribution in [2.75, 3.05) is 20.3 Å². The lowest BCUT2D eigenvalue weighted by Gasteiger charge is -2.38. The van der Waals surface area contributed by atoms with Crippen LogP contribution in [0, 0.1) is 5.82 Å². The molecule has 0 radical (unpaired) electrons. The zero-order chi connectivity index (χ0) is 17.2. The minimum Gasteiger partial charge on any atom is -0.494 e. The molecule has 0 unspecified atom stereocenters. The number of hydrogen-bond acceptors (Lipinski definition) is 5. The van der Waals surface area contributed by atoms with Gasteiger partial charge in [-0.25, -0.2) is 12.8 Å². The molecule has 2 aromatic rings. The van der Waals surface area contributed by atoms with Crippen LogP contribution in [0.1, 0.15) is 18.4 Å². The van der Waals surface area contributed by atoms with Crippen LogP contribution in [0.25, 0.3) is 0 Å². The Balaban J connectivity index is 2.06. The van der Waals surface area contributed by atoms with E-state index in [9.17, 15) is 12.8 Å². The Kier molecular flexibility index (Phi) is 4.91. The van der Waals surface area contributed by atoms with Crippen molar-refractivity contribution < 1.29 is 22.3 Å². The number of hydrogen-bond donors (Lipinski definition) is 1. The van der Waals surface area contributed by atoms with Crippen molar-refractivity contribution >= 4 is 21.4 Å². The summed E-state index contributed by atoms with van der Waals surface area (Å²) in [5, 5.41) is 1.69. The lowest BCUT2D eigenvalue weighted by atomic mass is 9.83. The largest absolute Gasteiger partial charge is 0.494 e. The van der Waals surface area contributed by atoms with Crippen LogP contribution in [0.15, 0.2) is 39.9 Å². The molecule has 1 fully saturated rings. The van der Waals surface area contributed by atoms with Gasteiger partial charge >= 0.3 is 0 Å². The molecule has 1 aliphatic rings. The molecule has 24 heavy (non-hydrogen) atoms. The molecule has 0 bridgehead atoms. The molecule has 1 saturated heterocycles. The molecule has 1 aromatic carbocycles. The van der Waals surface area contributed by atoms with Gasteiger partial charge in [-0.05, 0) is 30.4 Å². The first-order valence-electron chi connectivity index (χ1n) is 7.47. The van der Waals surface area contributed by atoms with E-state index in [0.717, 1.165) is 11.3 Å². The molecule has 5 nitrogen and oxygen atoms in total. The number of benzene rings is 1. The zero-order valence-corrected chi connectivity index (χ0v) is 14.8. The fraction of sp³-hybridized carbons (Fsp3) is 0.375. The van der Waals surface area contributed by atoms with Crippen LogP contribution in [-0.2, 0) is 20.3 Å². The van der Waals surface area contributed by atoms with E-state index in [4.69, 9.17) is 9.47 Å². The first-order valence-corrected chi connectivity index (χ1v) is 9.83. The first-order chi connectivity index (χ1) is 11.5. The molecular formula is C16H18FNO4S2. The Hall–Kier alpha value is -1.48. The van der Waals surface area contributed by atoms with Gasteiger partial charge in [-0.15, -0.1) is 11.3 Å². The van der Waals surface area contributed by atoms with E-state index in [2.05, 4.69) is 4.72 Å². The third-order valence-electron chi connectivity index (χ3n) is 4.13. The maximum Gasteiger partial charge on any atom is 0.250 e. The fourth-order valence-electron chi connectivity index (χ4n) is 2.91. The number of thiophene rings is 1. The Bertz CT molecular complexity index is 799. The number of rotatable bonds is 5. The lowest BCUT2D eigenvalue weighted by molar-refractivity contribution is 0.0445. The summed E-state index contributed by atoms with van der Waals surface area (Å²) in [6.45, 7) is 0.702. The molecule has 0 atom stereocenters. The van der Waals surface area contributed by atoms with Crippen molar-refractivity contribution in [3.05, 3.63) is 47.1 Å². The summed E-state index contributed by atoms with van der Waals surface area (Å²) in [6, 6.07) is 7.97. The van der Waals surface area contributed by atoms with Gasteiger partial charge in [0.1, 0.15) is 4.21 Å². The highest BCUT2D eigenvalue weighted by molar-refractivity contribution is 7.91. The molecule has 8 heteroatoms. The van der Waals surface area contributed by atoms with Crippen LogP contribution in [0.2, 0.25) is 0 Å². The Morgan fingerprint density at radius 3 is 2.62 bits per heavy atom. The van der Waals surface area contributed by atoms with Gasteiger partial charge in [0.2, 0.25) is 0 Å². The number of ether oxygens (including phenoxy) is 2. The first kappa shape index (κ1) is 17.3. The fourth-order valence-corrected chi connectivity index (χ4v) is 5.34. The van der Waals surface area contributed by atoms with Gasteiger partial charge in [0.05, 0.1) is 12.6 Å². The van der Waals surface area contributed by atoms with E-state index in [1.807, 2.05) is 0 Å². The second-order valence-corrected chi connectivity index (χ2v) is 8.41. The van der Waals surface area contributed by atoms with Gasteiger partial charge < -0.3 is 9.47 Å². The number of sulfonamides is 1. The third-order valence-corrected chi connectivity index (χ3v) is 7.07. The van der Waals surface area contributed by atoms with E-state index < -0.39 is 21.4 Å². The van der Waals surface area contributed by atoms with Crippen molar-refractivity contribution in [2.24, 2.45) is 0 Å². The van der Waals surface area contributed by atoms with Gasteiger partial charge in [0.15, 0.2) is 11.6 Å². The third kappa shape index (κ3) is 3.19. The Labute approximate surface area is 144 Å². The van der Waals surface area contributed by atoms with Gasteiger partial charge in [0, 0.05) is 18.8 Å². The molecule has 130 valence electrons. The minimum atomic E-state index is -3.75. The SMILES string of the molecule is COc1cccc(C2(NS(=O)(=O)c3cccs3)CCOCC2)c1F. The Morgan fingerprint density at radius 1 is 1.25 bits per heavy atom. The summed E-state index contributed by atoms with van der Waals surface area (Å²) >= 11 is 1.12. The highest BCUT2D eigenvalue weighted by atomic mass is 32.2. The average molecular weight is 371 g/mol. The molecule has 0 aliphatic carbocycles. The van der Waals surface area contributed by atoms with Crippen LogP contribution < -0.4 is 9.46 Å². The van der Waals surface area contributed by atoms with Crippen LogP contribution in [-0.4, -0.2) is 28.7 Å². The second-order valence-electron chi connectivity index (χ2n) is 5.55. The van der Waals surface area contributed by atoms with Crippen molar-refractivity contribution in [1.29, 1.82) is 0 Å². The van der Waals surface area contributed by atoms with Crippen LogP contribution >= 0.6 is 11.3 Å². The quantitative estimate of drug-likeness (QED) is 0.878. The molecule has 0 spiro atoms. The van der Waals surface area contributed by atoms with E-state index in [0.29, 0.717) is 26.1 Å². The zero-order valence-electron chi connectivity index (χ0n) is 13.1. The average Bonchev–Trinajstić information content (AvgIpc) is 3.11. The van der Waals surface area contributed by atoms with Crippen molar-refractivity contribution in [1.82, 2.24) is 4.72 Å². The number of methoxy groups -OCH3 is 1. The predicted molar refractivity (Wildman–Crippen MR) is 89.3 cm³/mol. The van der Waals surface area contributed by atoms with Gasteiger partial charge in [-0.2, -0.15) is 4.72 Å².